The van der Waals surface area contributed by atoms with Crippen molar-refractivity contribution in [3.63, 3.8) is 0 Å². The van der Waals surface area contributed by atoms with E-state index < -0.39 is 11.7 Å². The SMILES string of the molecule is COc1ccc2c(c1)OC1(CCN(C(=O)C(C)Oc3ccccc3C(C)C)CC1)CC2=O. The summed E-state index contributed by atoms with van der Waals surface area (Å²) in [5.41, 5.74) is 1.12. The van der Waals surface area contributed by atoms with Crippen molar-refractivity contribution >= 4 is 11.7 Å². The molecule has 0 N–H and O–H groups in total. The van der Waals surface area contributed by atoms with Crippen LogP contribution in [0.3, 0.4) is 0 Å². The van der Waals surface area contributed by atoms with Crippen LogP contribution in [-0.4, -0.2) is 48.5 Å². The third kappa shape index (κ3) is 4.31. The Morgan fingerprint density at radius 2 is 1.81 bits per heavy atom. The Morgan fingerprint density at radius 3 is 2.50 bits per heavy atom. The summed E-state index contributed by atoms with van der Waals surface area (Å²) >= 11 is 0. The summed E-state index contributed by atoms with van der Waals surface area (Å²) in [5.74, 6) is 2.34. The van der Waals surface area contributed by atoms with Gasteiger partial charge in [0.25, 0.3) is 5.91 Å². The molecule has 1 spiro atoms. The Labute approximate surface area is 189 Å². The lowest BCUT2D eigenvalue weighted by Crippen LogP contribution is -2.54. The molecule has 2 aromatic carbocycles. The molecule has 2 aliphatic rings. The number of rotatable bonds is 5. The van der Waals surface area contributed by atoms with Crippen LogP contribution in [0.25, 0.3) is 0 Å². The predicted octanol–water partition coefficient (Wildman–Crippen LogP) is 4.61. The third-order valence-electron chi connectivity index (χ3n) is 6.48. The Kier molecular flexibility index (Phi) is 6.13. The van der Waals surface area contributed by atoms with Crippen LogP contribution >= 0.6 is 0 Å². The molecule has 170 valence electrons. The monoisotopic (exact) mass is 437 g/mol. The third-order valence-corrected chi connectivity index (χ3v) is 6.48. The van der Waals surface area contributed by atoms with Gasteiger partial charge in [0.2, 0.25) is 0 Å². The molecule has 6 heteroatoms. The first-order chi connectivity index (χ1) is 15.3. The maximum absolute atomic E-state index is 13.1. The number of carbonyl (C=O) groups is 2. The molecule has 0 aromatic heterocycles. The molecule has 0 aliphatic carbocycles. The Hall–Kier alpha value is -3.02. The van der Waals surface area contributed by atoms with Crippen molar-refractivity contribution in [1.29, 1.82) is 0 Å². The summed E-state index contributed by atoms with van der Waals surface area (Å²) in [6, 6.07) is 13.2. The molecule has 1 saturated heterocycles. The fraction of sp³-hybridized carbons (Fsp3) is 0.462. The first-order valence-corrected chi connectivity index (χ1v) is 11.3. The van der Waals surface area contributed by atoms with Crippen LogP contribution in [0.5, 0.6) is 17.2 Å². The molecule has 0 saturated carbocycles. The van der Waals surface area contributed by atoms with Crippen molar-refractivity contribution < 1.29 is 23.8 Å². The van der Waals surface area contributed by atoms with Crippen molar-refractivity contribution in [3.05, 3.63) is 53.6 Å². The van der Waals surface area contributed by atoms with Crippen molar-refractivity contribution in [2.45, 2.75) is 57.7 Å². The molecule has 6 nitrogen and oxygen atoms in total. The zero-order valence-corrected chi connectivity index (χ0v) is 19.2. The minimum atomic E-state index is -0.581. The molecule has 2 aliphatic heterocycles. The number of hydrogen-bond donors (Lipinski definition) is 0. The summed E-state index contributed by atoms with van der Waals surface area (Å²) in [6.45, 7) is 7.08. The average Bonchev–Trinajstić information content (AvgIpc) is 2.78. The van der Waals surface area contributed by atoms with Crippen molar-refractivity contribution in [1.82, 2.24) is 4.90 Å². The summed E-state index contributed by atoms with van der Waals surface area (Å²) in [7, 11) is 1.59. The van der Waals surface area contributed by atoms with E-state index in [4.69, 9.17) is 14.2 Å². The lowest BCUT2D eigenvalue weighted by atomic mass is 9.82. The van der Waals surface area contributed by atoms with Crippen LogP contribution in [0, 0.1) is 0 Å². The summed E-state index contributed by atoms with van der Waals surface area (Å²) in [5, 5.41) is 0. The number of nitrogens with zero attached hydrogens (tertiary/aromatic N) is 1. The highest BCUT2D eigenvalue weighted by atomic mass is 16.5. The molecule has 4 rings (SSSR count). The van der Waals surface area contributed by atoms with E-state index in [1.165, 1.54) is 0 Å². The van der Waals surface area contributed by atoms with E-state index in [2.05, 4.69) is 13.8 Å². The van der Waals surface area contributed by atoms with Gasteiger partial charge in [-0.2, -0.15) is 0 Å². The number of methoxy groups -OCH3 is 1. The number of para-hydroxylation sites is 1. The lowest BCUT2D eigenvalue weighted by Gasteiger charge is -2.44. The standard InChI is InChI=1S/C26H31NO5/c1-17(2)20-7-5-6-8-23(20)31-18(3)25(29)27-13-11-26(12-14-27)16-22(28)21-10-9-19(30-4)15-24(21)32-26/h5-10,15,17-18H,11-14,16H2,1-4H3. The number of piperidine rings is 1. The molecule has 1 unspecified atom stereocenters. The van der Waals surface area contributed by atoms with Gasteiger partial charge in [0.15, 0.2) is 11.9 Å². The van der Waals surface area contributed by atoms with E-state index >= 15 is 0 Å². The highest BCUT2D eigenvalue weighted by molar-refractivity contribution is 6.00. The van der Waals surface area contributed by atoms with Gasteiger partial charge in [0.1, 0.15) is 22.8 Å². The summed E-state index contributed by atoms with van der Waals surface area (Å²) in [4.78, 5) is 27.7. The quantitative estimate of drug-likeness (QED) is 0.683. The van der Waals surface area contributed by atoms with Gasteiger partial charge in [-0.1, -0.05) is 32.0 Å². The number of ether oxygens (including phenoxy) is 3. The van der Waals surface area contributed by atoms with Gasteiger partial charge in [-0.05, 0) is 36.6 Å². The number of benzene rings is 2. The number of fused-ring (bicyclic) bond motifs is 1. The average molecular weight is 438 g/mol. The van der Waals surface area contributed by atoms with Gasteiger partial charge in [-0.15, -0.1) is 0 Å². The van der Waals surface area contributed by atoms with E-state index in [0.717, 1.165) is 11.3 Å². The maximum atomic E-state index is 13.1. The van der Waals surface area contributed by atoms with Crippen molar-refractivity contribution in [2.75, 3.05) is 20.2 Å². The number of ketones is 1. The zero-order valence-electron chi connectivity index (χ0n) is 19.2. The van der Waals surface area contributed by atoms with E-state index in [1.807, 2.05) is 29.2 Å². The van der Waals surface area contributed by atoms with Gasteiger partial charge in [-0.25, -0.2) is 0 Å². The van der Waals surface area contributed by atoms with Crippen molar-refractivity contribution in [3.8, 4) is 17.2 Å². The fourth-order valence-corrected chi connectivity index (χ4v) is 4.58. The largest absolute Gasteiger partial charge is 0.497 e. The van der Waals surface area contributed by atoms with Gasteiger partial charge < -0.3 is 19.1 Å². The molecule has 0 radical (unpaired) electrons. The van der Waals surface area contributed by atoms with Crippen LogP contribution in [0.15, 0.2) is 42.5 Å². The number of hydrogen-bond acceptors (Lipinski definition) is 5. The molecule has 2 aromatic rings. The van der Waals surface area contributed by atoms with E-state index in [1.54, 1.807) is 32.2 Å². The maximum Gasteiger partial charge on any atom is 0.263 e. The van der Waals surface area contributed by atoms with Crippen LogP contribution in [0.1, 0.15) is 61.9 Å². The highest BCUT2D eigenvalue weighted by Crippen LogP contribution is 2.41. The second-order valence-electron chi connectivity index (χ2n) is 9.03. The first-order valence-electron chi connectivity index (χ1n) is 11.3. The smallest absolute Gasteiger partial charge is 0.263 e. The minimum absolute atomic E-state index is 0.0392. The fourth-order valence-electron chi connectivity index (χ4n) is 4.58. The highest BCUT2D eigenvalue weighted by Gasteiger charge is 2.44. The van der Waals surface area contributed by atoms with E-state index in [0.29, 0.717) is 55.3 Å². The van der Waals surface area contributed by atoms with E-state index in [-0.39, 0.29) is 11.7 Å². The van der Waals surface area contributed by atoms with Gasteiger partial charge in [-0.3, -0.25) is 9.59 Å². The number of likely N-dealkylation sites (tertiary alicyclic amines) is 1. The Balaban J connectivity index is 1.41. The van der Waals surface area contributed by atoms with E-state index in [9.17, 15) is 9.59 Å². The zero-order chi connectivity index (χ0) is 22.9. The van der Waals surface area contributed by atoms with Crippen molar-refractivity contribution in [2.24, 2.45) is 0 Å². The normalized spacial score (nSPS) is 18.2. The Morgan fingerprint density at radius 1 is 1.09 bits per heavy atom. The second kappa shape index (κ2) is 8.85. The molecular weight excluding hydrogens is 406 g/mol. The first kappa shape index (κ1) is 22.2. The number of Topliss-reactive ketones (excluding diaryl/α,β-unsaturated/α-hetero) is 1. The molecule has 1 fully saturated rings. The minimum Gasteiger partial charge on any atom is -0.497 e. The van der Waals surface area contributed by atoms with Crippen LogP contribution in [0.2, 0.25) is 0 Å². The predicted molar refractivity (Wildman–Crippen MR) is 122 cm³/mol. The molecule has 2 heterocycles. The topological polar surface area (TPSA) is 65.1 Å². The molecular formula is C26H31NO5. The molecule has 32 heavy (non-hydrogen) atoms. The summed E-state index contributed by atoms with van der Waals surface area (Å²) in [6.07, 6.45) is 0.970. The van der Waals surface area contributed by atoms with Crippen LogP contribution in [0.4, 0.5) is 0 Å². The van der Waals surface area contributed by atoms with Crippen LogP contribution in [-0.2, 0) is 4.79 Å². The van der Waals surface area contributed by atoms with Gasteiger partial charge in [0.05, 0.1) is 19.1 Å². The number of amides is 1. The summed E-state index contributed by atoms with van der Waals surface area (Å²) < 4.78 is 17.7. The molecule has 1 amide bonds. The second-order valence-corrected chi connectivity index (χ2v) is 9.03. The van der Waals surface area contributed by atoms with Gasteiger partial charge in [0, 0.05) is 32.0 Å². The Bertz CT molecular complexity index is 1010. The van der Waals surface area contributed by atoms with Crippen LogP contribution < -0.4 is 14.2 Å². The molecule has 1 atom stereocenters. The number of carbonyl (C=O) groups excluding carboxylic acids is 2. The molecule has 0 bridgehead atoms. The van der Waals surface area contributed by atoms with Gasteiger partial charge >= 0.3 is 0 Å². The lowest BCUT2D eigenvalue weighted by molar-refractivity contribution is -0.141.